The third-order valence-corrected chi connectivity index (χ3v) is 10.8. The van der Waals surface area contributed by atoms with E-state index in [4.69, 9.17) is 9.72 Å². The second kappa shape index (κ2) is 10.9. The Labute approximate surface area is 263 Å². The number of nitrogens with zero attached hydrogens (tertiary/aromatic N) is 6. The minimum atomic E-state index is -1.75. The average molecular weight is 637 g/mol. The molecule has 5 aliphatic rings. The van der Waals surface area contributed by atoms with Gasteiger partial charge in [-0.15, -0.1) is 0 Å². The molecule has 4 aromatic rings. The number of hydrogen-bond acceptors (Lipinski definition) is 8. The molecule has 0 amide bonds. The van der Waals surface area contributed by atoms with Gasteiger partial charge in [-0.3, -0.25) is 15.0 Å². The Morgan fingerprint density at radius 2 is 2.02 bits per heavy atom. The molecule has 4 atom stereocenters. The lowest BCUT2D eigenvalue weighted by Gasteiger charge is -2.35. The summed E-state index contributed by atoms with van der Waals surface area (Å²) in [6.45, 7) is 6.56. The molecule has 0 unspecified atom stereocenters. The molecule has 46 heavy (non-hydrogen) atoms. The monoisotopic (exact) mass is 636 g/mol. The summed E-state index contributed by atoms with van der Waals surface area (Å²) in [6, 6.07) is 1.94. The number of halogens is 4. The second-order valence-corrected chi connectivity index (χ2v) is 13.7. The number of H-pyrrole nitrogens is 1. The highest BCUT2D eigenvalue weighted by Gasteiger charge is 2.49. The summed E-state index contributed by atoms with van der Waals surface area (Å²) in [5.41, 5.74) is 1.95. The first-order chi connectivity index (χ1) is 22.1. The summed E-state index contributed by atoms with van der Waals surface area (Å²) < 4.78 is 65.1. The first-order valence-corrected chi connectivity index (χ1v) is 16.0. The highest BCUT2D eigenvalue weighted by Crippen LogP contribution is 2.42. The standard InChI is InChI=1S/C33H36F4N8O/c1-18-8-24-22(13-40-43-24)26(19(18)2)29-27(37)28-23(12-38-29)30(44-14-20-4-6-32(16-44,39-11-20)10-25(35)36)42-31(41-28)46-17-33-5-3-7-45(33)15-21(34)9-33/h8,10,12-13,20-21,39H,3-7,9,11,14-17H2,1-2H3,(H,40,43)/t20-,21+,32-,33-/m0/s1. The van der Waals surface area contributed by atoms with Crippen LogP contribution in [0.4, 0.5) is 23.4 Å². The van der Waals surface area contributed by atoms with Crippen LogP contribution in [0.5, 0.6) is 6.01 Å². The lowest BCUT2D eigenvalue weighted by atomic mass is 9.86. The molecule has 3 aromatic heterocycles. The minimum absolute atomic E-state index is 0.0256. The maximum absolute atomic E-state index is 16.9. The zero-order valence-corrected chi connectivity index (χ0v) is 25.8. The summed E-state index contributed by atoms with van der Waals surface area (Å²) in [4.78, 5) is 18.1. The van der Waals surface area contributed by atoms with Crippen molar-refractivity contribution in [2.24, 2.45) is 5.92 Å². The Kier molecular flexibility index (Phi) is 6.98. The van der Waals surface area contributed by atoms with Crippen LogP contribution in [0.3, 0.4) is 0 Å². The summed E-state index contributed by atoms with van der Waals surface area (Å²) in [5, 5.41) is 11.6. The van der Waals surface area contributed by atoms with Crippen molar-refractivity contribution in [2.45, 2.75) is 63.2 Å². The molecule has 242 valence electrons. The van der Waals surface area contributed by atoms with Gasteiger partial charge >= 0.3 is 6.01 Å². The van der Waals surface area contributed by atoms with E-state index in [2.05, 4.69) is 30.4 Å². The SMILES string of the molecule is Cc1cc2[nH]ncc2c(-c2ncc3c(N4C[C@H]5CC[C@](C=C(F)F)(C4)NC5)nc(OC[C@@]45CCCN4C[C@H](F)C5)nc3c2F)c1C. The van der Waals surface area contributed by atoms with Gasteiger partial charge in [0.2, 0.25) is 0 Å². The molecule has 0 spiro atoms. The van der Waals surface area contributed by atoms with Crippen molar-refractivity contribution in [3.8, 4) is 17.3 Å². The molecular weight excluding hydrogens is 600 g/mol. The van der Waals surface area contributed by atoms with Crippen LogP contribution in [0, 0.1) is 25.6 Å². The van der Waals surface area contributed by atoms with Crippen molar-refractivity contribution >= 4 is 27.6 Å². The maximum atomic E-state index is 16.9. The van der Waals surface area contributed by atoms with Gasteiger partial charge in [-0.05, 0) is 69.2 Å². The van der Waals surface area contributed by atoms with Crippen molar-refractivity contribution in [2.75, 3.05) is 44.2 Å². The lowest BCUT2D eigenvalue weighted by Crippen LogP contribution is -2.52. The van der Waals surface area contributed by atoms with Gasteiger partial charge in [-0.25, -0.2) is 8.78 Å². The number of fused-ring (bicyclic) bond motifs is 7. The third-order valence-electron chi connectivity index (χ3n) is 10.8. The quantitative estimate of drug-likeness (QED) is 0.264. The highest BCUT2D eigenvalue weighted by molar-refractivity contribution is 5.99. The van der Waals surface area contributed by atoms with Crippen molar-refractivity contribution in [3.05, 3.63) is 47.6 Å². The molecule has 5 aliphatic heterocycles. The Morgan fingerprint density at radius 3 is 2.83 bits per heavy atom. The largest absolute Gasteiger partial charge is 0.461 e. The summed E-state index contributed by atoms with van der Waals surface area (Å²) >= 11 is 0. The van der Waals surface area contributed by atoms with Crippen molar-refractivity contribution in [3.63, 3.8) is 0 Å². The molecule has 9 rings (SSSR count). The molecule has 0 saturated carbocycles. The normalized spacial score (nSPS) is 27.8. The fourth-order valence-corrected chi connectivity index (χ4v) is 8.33. The van der Waals surface area contributed by atoms with Gasteiger partial charge in [0.25, 0.3) is 6.08 Å². The van der Waals surface area contributed by atoms with Crippen LogP contribution in [-0.2, 0) is 0 Å². The molecule has 8 heterocycles. The van der Waals surface area contributed by atoms with Gasteiger partial charge in [0.05, 0.1) is 28.2 Å². The Hall–Kier alpha value is -3.84. The van der Waals surface area contributed by atoms with E-state index in [1.807, 2.05) is 24.8 Å². The zero-order chi connectivity index (χ0) is 31.8. The molecular formula is C33H36F4N8O. The molecule has 13 heteroatoms. The topological polar surface area (TPSA) is 95.1 Å². The van der Waals surface area contributed by atoms with Gasteiger partial charge in [0.15, 0.2) is 5.82 Å². The van der Waals surface area contributed by atoms with E-state index in [-0.39, 0.29) is 36.3 Å². The highest BCUT2D eigenvalue weighted by atomic mass is 19.3. The third kappa shape index (κ3) is 4.81. The number of alkyl halides is 1. The number of rotatable bonds is 6. The number of nitrogens with one attached hydrogen (secondary N) is 2. The van der Waals surface area contributed by atoms with Crippen molar-refractivity contribution in [1.29, 1.82) is 0 Å². The van der Waals surface area contributed by atoms with Crippen LogP contribution in [-0.4, -0.2) is 86.6 Å². The first kappa shape index (κ1) is 29.6. The van der Waals surface area contributed by atoms with Gasteiger partial charge < -0.3 is 15.0 Å². The van der Waals surface area contributed by atoms with Gasteiger partial charge in [0, 0.05) is 55.8 Å². The Morgan fingerprint density at radius 1 is 1.15 bits per heavy atom. The number of hydrogen-bond donors (Lipinski definition) is 2. The summed E-state index contributed by atoms with van der Waals surface area (Å²) in [5.74, 6) is -0.0585. The molecule has 2 N–H and O–H groups in total. The van der Waals surface area contributed by atoms with E-state index in [1.165, 1.54) is 0 Å². The fourth-order valence-electron chi connectivity index (χ4n) is 8.33. The number of pyridine rings is 1. The Bertz CT molecular complexity index is 1870. The van der Waals surface area contributed by atoms with E-state index in [1.54, 1.807) is 12.4 Å². The molecule has 1 aromatic carbocycles. The molecule has 0 aliphatic carbocycles. The molecule has 5 saturated heterocycles. The number of benzene rings is 1. The van der Waals surface area contributed by atoms with E-state index in [0.29, 0.717) is 49.2 Å². The number of anilines is 1. The fraction of sp³-hybridized carbons (Fsp3) is 0.515. The van der Waals surface area contributed by atoms with Crippen LogP contribution in [0.25, 0.3) is 33.1 Å². The van der Waals surface area contributed by atoms with E-state index in [9.17, 15) is 13.2 Å². The van der Waals surface area contributed by atoms with Gasteiger partial charge in [-0.1, -0.05) is 0 Å². The van der Waals surface area contributed by atoms with Gasteiger partial charge in [0.1, 0.15) is 29.8 Å². The van der Waals surface area contributed by atoms with Crippen molar-refractivity contribution < 1.29 is 22.3 Å². The first-order valence-electron chi connectivity index (χ1n) is 16.0. The van der Waals surface area contributed by atoms with E-state index >= 15 is 4.39 Å². The van der Waals surface area contributed by atoms with Crippen LogP contribution >= 0.6 is 0 Å². The number of aromatic nitrogens is 5. The zero-order valence-electron chi connectivity index (χ0n) is 25.8. The van der Waals surface area contributed by atoms with Crippen LogP contribution < -0.4 is 15.0 Å². The Balaban J connectivity index is 1.27. The molecule has 5 fully saturated rings. The van der Waals surface area contributed by atoms with Crippen LogP contribution in [0.2, 0.25) is 0 Å². The van der Waals surface area contributed by atoms with E-state index in [0.717, 1.165) is 53.9 Å². The second-order valence-electron chi connectivity index (χ2n) is 13.7. The summed E-state index contributed by atoms with van der Waals surface area (Å²) in [7, 11) is 0. The van der Waals surface area contributed by atoms with E-state index < -0.39 is 29.1 Å². The molecule has 0 radical (unpaired) electrons. The van der Waals surface area contributed by atoms with Crippen molar-refractivity contribution in [1.82, 2.24) is 35.4 Å². The van der Waals surface area contributed by atoms with Gasteiger partial charge in [-0.2, -0.15) is 23.8 Å². The maximum Gasteiger partial charge on any atom is 0.319 e. The number of aromatic amines is 1. The minimum Gasteiger partial charge on any atom is -0.461 e. The smallest absolute Gasteiger partial charge is 0.319 e. The summed E-state index contributed by atoms with van der Waals surface area (Å²) in [6.07, 6.45) is 4.98. The number of aryl methyl sites for hydroxylation is 1. The predicted octanol–water partition coefficient (Wildman–Crippen LogP) is 5.62. The molecule has 9 nitrogen and oxygen atoms in total. The van der Waals surface area contributed by atoms with Crippen LogP contribution in [0.1, 0.15) is 43.2 Å². The van der Waals surface area contributed by atoms with Crippen LogP contribution in [0.15, 0.2) is 30.6 Å². The average Bonchev–Trinajstić information content (AvgIpc) is 3.64. The number of ether oxygens (including phenoxy) is 1. The lowest BCUT2D eigenvalue weighted by molar-refractivity contribution is 0.107. The predicted molar refractivity (Wildman–Crippen MR) is 166 cm³/mol. The molecule has 2 bridgehead atoms. The number of piperidine rings is 1.